The number of fused-ring (bicyclic) bond motifs is 4. The third-order valence-corrected chi connectivity index (χ3v) is 7.85. The molecule has 1 aromatic heterocycles. The molecular weight excluding hydrogens is 444 g/mol. The zero-order valence-corrected chi connectivity index (χ0v) is 20.1. The maximum atomic E-state index is 12.7. The molecule has 0 radical (unpaired) electrons. The number of aromatic nitrogens is 3. The van der Waals surface area contributed by atoms with Crippen molar-refractivity contribution in [3.05, 3.63) is 52.6 Å². The molecule has 0 bridgehead atoms. The Hall–Kier alpha value is -2.12. The number of esters is 1. The number of carbonyl (C=O) groups excluding carboxylic acids is 1. The van der Waals surface area contributed by atoms with Gasteiger partial charge in [0.2, 0.25) is 0 Å². The van der Waals surface area contributed by atoms with Crippen molar-refractivity contribution >= 4 is 40.1 Å². The molecule has 8 heteroatoms. The fourth-order valence-corrected chi connectivity index (χ4v) is 6.59. The van der Waals surface area contributed by atoms with Crippen molar-refractivity contribution in [2.45, 2.75) is 69.8 Å². The van der Waals surface area contributed by atoms with Crippen molar-refractivity contribution in [1.82, 2.24) is 14.8 Å². The number of nitrogens with zero attached hydrogens (tertiary/aromatic N) is 4. The number of benzene rings is 1. The number of rotatable bonds is 3. The number of aliphatic imine (C=N–C) groups is 1. The van der Waals surface area contributed by atoms with Gasteiger partial charge in [-0.3, -0.25) is 14.4 Å². The lowest BCUT2D eigenvalue weighted by Crippen LogP contribution is -2.26. The van der Waals surface area contributed by atoms with Gasteiger partial charge >= 0.3 is 5.97 Å². The summed E-state index contributed by atoms with van der Waals surface area (Å²) in [6, 6.07) is 7.36. The largest absolute Gasteiger partial charge is 0.460 e. The molecule has 0 N–H and O–H groups in total. The minimum absolute atomic E-state index is 0.117. The summed E-state index contributed by atoms with van der Waals surface area (Å²) in [7, 11) is 0. The van der Waals surface area contributed by atoms with Gasteiger partial charge in [-0.05, 0) is 45.7 Å². The van der Waals surface area contributed by atoms with E-state index < -0.39 is 11.6 Å². The van der Waals surface area contributed by atoms with Crippen LogP contribution in [0.3, 0.4) is 0 Å². The molecule has 2 aliphatic heterocycles. The molecule has 0 saturated heterocycles. The highest BCUT2D eigenvalue weighted by molar-refractivity contribution is 8.08. The number of hydrogen-bond acceptors (Lipinski definition) is 6. The highest BCUT2D eigenvalue weighted by Gasteiger charge is 2.43. The molecule has 168 valence electrons. The third kappa shape index (κ3) is 4.13. The molecule has 0 amide bonds. The predicted octanol–water partition coefficient (Wildman–Crippen LogP) is 5.68. The Morgan fingerprint density at radius 3 is 2.72 bits per heavy atom. The average Bonchev–Trinajstić information content (AvgIpc) is 3.33. The number of halogens is 1. The third-order valence-electron chi connectivity index (χ3n) is 6.10. The predicted molar refractivity (Wildman–Crippen MR) is 128 cm³/mol. The lowest BCUT2D eigenvalue weighted by Gasteiger charge is -2.27. The topological polar surface area (TPSA) is 69.4 Å². The molecule has 0 spiro atoms. The molecule has 32 heavy (non-hydrogen) atoms. The van der Waals surface area contributed by atoms with Crippen LogP contribution in [0.15, 0.2) is 41.2 Å². The minimum atomic E-state index is -0.552. The maximum absolute atomic E-state index is 12.7. The van der Waals surface area contributed by atoms with Gasteiger partial charge in [0.15, 0.2) is 5.82 Å². The Balaban J connectivity index is 1.62. The van der Waals surface area contributed by atoms with Crippen LogP contribution in [0.1, 0.15) is 70.3 Å². The second-order valence-corrected chi connectivity index (χ2v) is 11.3. The smallest absolute Gasteiger partial charge is 0.308 e. The molecule has 5 rings (SSSR count). The van der Waals surface area contributed by atoms with Crippen molar-refractivity contribution in [3.63, 3.8) is 0 Å². The first-order valence-electron chi connectivity index (χ1n) is 11.2. The van der Waals surface area contributed by atoms with E-state index in [4.69, 9.17) is 21.3 Å². The van der Waals surface area contributed by atoms with E-state index in [1.165, 1.54) is 24.8 Å². The van der Waals surface area contributed by atoms with Crippen LogP contribution < -0.4 is 0 Å². The van der Waals surface area contributed by atoms with Crippen LogP contribution in [0.2, 0.25) is 5.02 Å². The van der Waals surface area contributed by atoms with E-state index in [9.17, 15) is 4.79 Å². The Kier molecular flexibility index (Phi) is 5.66. The first-order chi connectivity index (χ1) is 15.3. The first kappa shape index (κ1) is 21.7. The summed E-state index contributed by atoms with van der Waals surface area (Å²) in [5.74, 6) is 0.841. The Bertz CT molecular complexity index is 1100. The van der Waals surface area contributed by atoms with E-state index in [0.717, 1.165) is 22.7 Å². The van der Waals surface area contributed by atoms with Gasteiger partial charge in [-0.15, -0.1) is 22.0 Å². The molecular formula is C24H27ClN4O2S. The van der Waals surface area contributed by atoms with Crippen LogP contribution in [0, 0.1) is 5.92 Å². The molecule has 2 aromatic rings. The van der Waals surface area contributed by atoms with Gasteiger partial charge in [-0.2, -0.15) is 0 Å². The Morgan fingerprint density at radius 1 is 1.22 bits per heavy atom. The standard InChI is InChI=1S/C24H27ClN4O2S/c1-24(2,3)31-19(30)12-17-22-28-26-13-29(22)23-20(16-6-4-5-7-18(16)32-23)21(27-17)14-8-10-15(25)11-9-14/h8-11,13,16-18H,4-7,12H2,1-3H3/t16?,17-,18?/m0/s1. The quantitative estimate of drug-likeness (QED) is 0.539. The van der Waals surface area contributed by atoms with E-state index >= 15 is 0 Å². The summed E-state index contributed by atoms with van der Waals surface area (Å²) in [5.41, 5.74) is 2.66. The molecule has 1 aromatic carbocycles. The van der Waals surface area contributed by atoms with Gasteiger partial charge in [-0.1, -0.05) is 36.6 Å². The summed E-state index contributed by atoms with van der Waals surface area (Å²) >= 11 is 8.09. The first-order valence-corrected chi connectivity index (χ1v) is 12.4. The van der Waals surface area contributed by atoms with Gasteiger partial charge in [0, 0.05) is 27.3 Å². The van der Waals surface area contributed by atoms with Crippen molar-refractivity contribution in [3.8, 4) is 0 Å². The van der Waals surface area contributed by atoms with E-state index in [-0.39, 0.29) is 12.4 Å². The van der Waals surface area contributed by atoms with Crippen LogP contribution >= 0.6 is 23.4 Å². The number of ether oxygens (including phenoxy) is 1. The number of allylic oxidation sites excluding steroid dienone is 1. The number of thioether (sulfide) groups is 1. The van der Waals surface area contributed by atoms with E-state index in [1.54, 1.807) is 6.33 Å². The van der Waals surface area contributed by atoms with Gasteiger partial charge in [0.05, 0.1) is 17.2 Å². The molecule has 3 aliphatic rings. The average molecular weight is 471 g/mol. The zero-order valence-electron chi connectivity index (χ0n) is 18.5. The van der Waals surface area contributed by atoms with Crippen molar-refractivity contribution < 1.29 is 9.53 Å². The summed E-state index contributed by atoms with van der Waals surface area (Å²) in [5, 5.41) is 11.0. The van der Waals surface area contributed by atoms with Gasteiger partial charge in [0.1, 0.15) is 18.0 Å². The highest BCUT2D eigenvalue weighted by Crippen LogP contribution is 2.53. The van der Waals surface area contributed by atoms with Crippen molar-refractivity contribution in [2.75, 3.05) is 0 Å². The van der Waals surface area contributed by atoms with Crippen molar-refractivity contribution in [2.24, 2.45) is 10.9 Å². The lowest BCUT2D eigenvalue weighted by molar-refractivity contribution is -0.155. The second-order valence-electron chi connectivity index (χ2n) is 9.62. The maximum Gasteiger partial charge on any atom is 0.308 e. The monoisotopic (exact) mass is 470 g/mol. The lowest BCUT2D eigenvalue weighted by atomic mass is 9.80. The van der Waals surface area contributed by atoms with E-state index in [0.29, 0.717) is 22.0 Å². The highest BCUT2D eigenvalue weighted by atomic mass is 35.5. The molecule has 1 fully saturated rings. The Morgan fingerprint density at radius 2 is 1.97 bits per heavy atom. The van der Waals surface area contributed by atoms with Crippen LogP contribution in [-0.2, 0) is 9.53 Å². The molecule has 2 unspecified atom stereocenters. The number of hydrogen-bond donors (Lipinski definition) is 0. The molecule has 3 atom stereocenters. The second kappa shape index (κ2) is 8.34. The SMILES string of the molecule is CC(C)(C)OC(=O)C[C@@H]1N=C(c2ccc(Cl)cc2)C2=C(SC3CCCCC23)n2cnnc21. The van der Waals surface area contributed by atoms with Gasteiger partial charge in [0.25, 0.3) is 0 Å². The van der Waals surface area contributed by atoms with E-state index in [1.807, 2.05) is 56.8 Å². The van der Waals surface area contributed by atoms with Crippen LogP contribution in [0.5, 0.6) is 0 Å². The molecule has 1 saturated carbocycles. The summed E-state index contributed by atoms with van der Waals surface area (Å²) in [6.45, 7) is 5.62. The zero-order chi connectivity index (χ0) is 22.5. The fraction of sp³-hybridized carbons (Fsp3) is 0.500. The molecule has 3 heterocycles. The van der Waals surface area contributed by atoms with E-state index in [2.05, 4.69) is 14.8 Å². The number of carbonyl (C=O) groups is 1. The Labute approximate surface area is 197 Å². The van der Waals surface area contributed by atoms with Crippen molar-refractivity contribution in [1.29, 1.82) is 0 Å². The van der Waals surface area contributed by atoms with Gasteiger partial charge in [-0.25, -0.2) is 0 Å². The summed E-state index contributed by atoms with van der Waals surface area (Å²) < 4.78 is 7.66. The summed E-state index contributed by atoms with van der Waals surface area (Å²) in [6.07, 6.45) is 6.72. The summed E-state index contributed by atoms with van der Waals surface area (Å²) in [4.78, 5) is 17.9. The molecule has 1 aliphatic carbocycles. The fourth-order valence-electron chi connectivity index (χ4n) is 4.82. The molecule has 6 nitrogen and oxygen atoms in total. The van der Waals surface area contributed by atoms with Crippen LogP contribution in [0.25, 0.3) is 5.03 Å². The minimum Gasteiger partial charge on any atom is -0.460 e. The van der Waals surface area contributed by atoms with Crippen LogP contribution in [0.4, 0.5) is 0 Å². The van der Waals surface area contributed by atoms with Gasteiger partial charge < -0.3 is 4.74 Å². The van der Waals surface area contributed by atoms with Crippen LogP contribution in [-0.4, -0.2) is 37.3 Å². The normalized spacial score (nSPS) is 24.9.